The predicted octanol–water partition coefficient (Wildman–Crippen LogP) is 5.35. The Morgan fingerprint density at radius 3 is 2.50 bits per heavy atom. The van der Waals surface area contributed by atoms with Crippen LogP contribution in [-0.2, 0) is 4.57 Å². The Bertz CT molecular complexity index is 1130. The molecule has 1 aromatic heterocycles. The number of hydrogen-bond donors (Lipinski definition) is 3. The van der Waals surface area contributed by atoms with Crippen LogP contribution in [0.2, 0.25) is 5.02 Å². The SMILES string of the molecule is CC(C)Oc1ccc(-c2noc(-c3ccc(N[C@@H]4CCC(P(=O)(O)O)C4)cc3)n2)cc1Cl. The molecule has 0 saturated heterocycles. The molecule has 1 fully saturated rings. The van der Waals surface area contributed by atoms with Crippen molar-refractivity contribution < 1.29 is 23.6 Å². The zero-order chi connectivity index (χ0) is 22.9. The van der Waals surface area contributed by atoms with E-state index < -0.39 is 13.3 Å². The molecule has 0 radical (unpaired) electrons. The van der Waals surface area contributed by atoms with E-state index in [-0.39, 0.29) is 12.1 Å². The standard InChI is InChI=1S/C22H25ClN3O5P/c1-13(2)30-20-10-5-15(11-19(20)23)21-25-22(31-26-21)14-3-6-16(7-4-14)24-17-8-9-18(12-17)32(27,28)29/h3-7,10-11,13,17-18,24H,8-9,12H2,1-2H3,(H2,27,28,29)/t17-,18?/m1/s1. The van der Waals surface area contributed by atoms with Crippen LogP contribution in [0.1, 0.15) is 33.1 Å². The van der Waals surface area contributed by atoms with Crippen molar-refractivity contribution in [2.24, 2.45) is 0 Å². The predicted molar refractivity (Wildman–Crippen MR) is 123 cm³/mol. The summed E-state index contributed by atoms with van der Waals surface area (Å²) in [6.45, 7) is 3.87. The maximum absolute atomic E-state index is 11.4. The lowest BCUT2D eigenvalue weighted by Crippen LogP contribution is -2.16. The van der Waals surface area contributed by atoms with Crippen LogP contribution in [0.3, 0.4) is 0 Å². The second kappa shape index (κ2) is 9.24. The van der Waals surface area contributed by atoms with Gasteiger partial charge in [-0.25, -0.2) is 0 Å². The maximum atomic E-state index is 11.4. The Morgan fingerprint density at radius 1 is 1.16 bits per heavy atom. The highest BCUT2D eigenvalue weighted by Crippen LogP contribution is 2.49. The molecule has 4 rings (SSSR count). The van der Waals surface area contributed by atoms with Crippen molar-refractivity contribution in [2.75, 3.05) is 5.32 Å². The summed E-state index contributed by atoms with van der Waals surface area (Å²) < 4.78 is 22.5. The van der Waals surface area contributed by atoms with Gasteiger partial charge >= 0.3 is 7.60 Å². The van der Waals surface area contributed by atoms with E-state index in [4.69, 9.17) is 20.9 Å². The van der Waals surface area contributed by atoms with E-state index in [2.05, 4.69) is 15.5 Å². The number of nitrogens with zero attached hydrogens (tertiary/aromatic N) is 2. The maximum Gasteiger partial charge on any atom is 0.328 e. The molecule has 8 nitrogen and oxygen atoms in total. The second-order valence-electron chi connectivity index (χ2n) is 8.21. The minimum Gasteiger partial charge on any atom is -0.489 e. The minimum absolute atomic E-state index is 0.0220. The van der Waals surface area contributed by atoms with Gasteiger partial charge in [0.15, 0.2) is 0 Å². The Labute approximate surface area is 191 Å². The van der Waals surface area contributed by atoms with Crippen molar-refractivity contribution in [1.29, 1.82) is 0 Å². The highest BCUT2D eigenvalue weighted by atomic mass is 35.5. The van der Waals surface area contributed by atoms with E-state index in [0.29, 0.717) is 35.3 Å². The monoisotopic (exact) mass is 477 g/mol. The molecule has 2 atom stereocenters. The van der Waals surface area contributed by atoms with Gasteiger partial charge < -0.3 is 24.4 Å². The van der Waals surface area contributed by atoms with Crippen LogP contribution in [0.15, 0.2) is 47.0 Å². The molecule has 3 N–H and O–H groups in total. The van der Waals surface area contributed by atoms with E-state index in [9.17, 15) is 14.4 Å². The van der Waals surface area contributed by atoms with E-state index in [0.717, 1.165) is 23.2 Å². The van der Waals surface area contributed by atoms with Gasteiger partial charge in [-0.05, 0) is 75.6 Å². The number of hydrogen-bond acceptors (Lipinski definition) is 6. The van der Waals surface area contributed by atoms with E-state index in [1.54, 1.807) is 12.1 Å². The van der Waals surface area contributed by atoms with Crippen molar-refractivity contribution in [3.63, 3.8) is 0 Å². The lowest BCUT2D eigenvalue weighted by Gasteiger charge is -2.15. The molecule has 1 unspecified atom stereocenters. The minimum atomic E-state index is -4.02. The molecular weight excluding hydrogens is 453 g/mol. The van der Waals surface area contributed by atoms with Crippen LogP contribution < -0.4 is 10.1 Å². The quantitative estimate of drug-likeness (QED) is 0.389. The molecule has 1 aliphatic carbocycles. The summed E-state index contributed by atoms with van der Waals surface area (Å²) in [4.78, 5) is 23.2. The molecule has 0 amide bonds. The number of anilines is 1. The summed E-state index contributed by atoms with van der Waals surface area (Å²) in [6.07, 6.45) is 1.74. The average Bonchev–Trinajstić information content (AvgIpc) is 3.40. The highest BCUT2D eigenvalue weighted by molar-refractivity contribution is 7.52. The first-order valence-corrected chi connectivity index (χ1v) is 12.5. The molecule has 1 saturated carbocycles. The van der Waals surface area contributed by atoms with Crippen LogP contribution in [-0.4, -0.2) is 37.7 Å². The summed E-state index contributed by atoms with van der Waals surface area (Å²) in [7, 11) is -4.02. The highest BCUT2D eigenvalue weighted by Gasteiger charge is 2.36. The molecule has 0 aliphatic heterocycles. The number of aromatic nitrogens is 2. The van der Waals surface area contributed by atoms with Gasteiger partial charge in [-0.1, -0.05) is 16.8 Å². The number of halogens is 1. The third kappa shape index (κ3) is 5.33. The molecule has 3 aromatic rings. The van der Waals surface area contributed by atoms with Crippen molar-refractivity contribution in [2.45, 2.75) is 50.9 Å². The lowest BCUT2D eigenvalue weighted by molar-refractivity contribution is 0.242. The zero-order valence-electron chi connectivity index (χ0n) is 17.7. The molecule has 170 valence electrons. The van der Waals surface area contributed by atoms with Crippen LogP contribution in [0.4, 0.5) is 5.69 Å². The summed E-state index contributed by atoms with van der Waals surface area (Å²) >= 11 is 6.31. The summed E-state index contributed by atoms with van der Waals surface area (Å²) in [5.74, 6) is 1.41. The topological polar surface area (TPSA) is 118 Å². The lowest BCUT2D eigenvalue weighted by atomic mass is 10.1. The van der Waals surface area contributed by atoms with Crippen LogP contribution in [0, 0.1) is 0 Å². The van der Waals surface area contributed by atoms with Gasteiger partial charge in [0.2, 0.25) is 5.82 Å². The number of nitrogens with one attached hydrogen (secondary N) is 1. The Morgan fingerprint density at radius 2 is 1.88 bits per heavy atom. The van der Waals surface area contributed by atoms with Crippen molar-refractivity contribution in [3.05, 3.63) is 47.5 Å². The first-order chi connectivity index (χ1) is 15.2. The largest absolute Gasteiger partial charge is 0.489 e. The number of benzene rings is 2. The molecular formula is C22H25ClN3O5P. The van der Waals surface area contributed by atoms with Crippen molar-refractivity contribution in [3.8, 4) is 28.6 Å². The fourth-order valence-electron chi connectivity index (χ4n) is 3.79. The third-order valence-corrected chi connectivity index (χ3v) is 7.08. The van der Waals surface area contributed by atoms with Gasteiger partial charge in [-0.15, -0.1) is 0 Å². The molecule has 0 spiro atoms. The smallest absolute Gasteiger partial charge is 0.328 e. The summed E-state index contributed by atoms with van der Waals surface area (Å²) in [5.41, 5.74) is 1.80. The first-order valence-electron chi connectivity index (χ1n) is 10.4. The molecule has 32 heavy (non-hydrogen) atoms. The van der Waals surface area contributed by atoms with Gasteiger partial charge in [0.25, 0.3) is 5.89 Å². The Kier molecular flexibility index (Phi) is 6.58. The third-order valence-electron chi connectivity index (χ3n) is 5.36. The van der Waals surface area contributed by atoms with E-state index in [1.807, 2.05) is 44.2 Å². The second-order valence-corrected chi connectivity index (χ2v) is 10.5. The van der Waals surface area contributed by atoms with Crippen LogP contribution >= 0.6 is 19.2 Å². The molecule has 0 bridgehead atoms. The van der Waals surface area contributed by atoms with Crippen molar-refractivity contribution >= 4 is 24.9 Å². The van der Waals surface area contributed by atoms with Gasteiger partial charge in [-0.3, -0.25) is 4.57 Å². The normalized spacial score (nSPS) is 18.8. The Balaban J connectivity index is 1.43. The zero-order valence-corrected chi connectivity index (χ0v) is 19.4. The van der Waals surface area contributed by atoms with Gasteiger partial charge in [-0.2, -0.15) is 4.98 Å². The fraction of sp³-hybridized carbons (Fsp3) is 0.364. The summed E-state index contributed by atoms with van der Waals surface area (Å²) in [5, 5.41) is 7.88. The molecule has 1 aliphatic rings. The molecule has 1 heterocycles. The van der Waals surface area contributed by atoms with Crippen molar-refractivity contribution in [1.82, 2.24) is 10.1 Å². The first kappa shape index (κ1) is 22.8. The van der Waals surface area contributed by atoms with Gasteiger partial charge in [0.1, 0.15) is 5.75 Å². The van der Waals surface area contributed by atoms with Crippen LogP contribution in [0.5, 0.6) is 5.75 Å². The molecule has 2 aromatic carbocycles. The Hall–Kier alpha value is -2.38. The number of rotatable bonds is 7. The number of ether oxygens (including phenoxy) is 1. The summed E-state index contributed by atoms with van der Waals surface area (Å²) in [6, 6.07) is 12.9. The molecule has 10 heteroatoms. The van der Waals surface area contributed by atoms with Gasteiger partial charge in [0.05, 0.1) is 16.8 Å². The van der Waals surface area contributed by atoms with E-state index >= 15 is 0 Å². The van der Waals surface area contributed by atoms with Crippen LogP contribution in [0.25, 0.3) is 22.8 Å². The fourth-order valence-corrected chi connectivity index (χ4v) is 5.03. The van der Waals surface area contributed by atoms with Gasteiger partial charge in [0, 0.05) is 22.9 Å². The average molecular weight is 478 g/mol. The van der Waals surface area contributed by atoms with E-state index in [1.165, 1.54) is 0 Å².